The summed E-state index contributed by atoms with van der Waals surface area (Å²) in [6.45, 7) is 6.03. The lowest BCUT2D eigenvalue weighted by Crippen LogP contribution is -2.36. The summed E-state index contributed by atoms with van der Waals surface area (Å²) in [5.74, 6) is 5.72. The topological polar surface area (TPSA) is 80.0 Å². The minimum absolute atomic E-state index is 0.0913. The van der Waals surface area contributed by atoms with Gasteiger partial charge in [0.1, 0.15) is 0 Å². The predicted octanol–water partition coefficient (Wildman–Crippen LogP) is 1.79. The van der Waals surface area contributed by atoms with E-state index in [0.29, 0.717) is 22.3 Å². The van der Waals surface area contributed by atoms with Crippen molar-refractivity contribution in [2.24, 2.45) is 11.8 Å². The standard InChI is InChI=1S/C11H17ClN4O/c1-6(2)7(3)15-11(17)8-4-9(12)10(16-13)14-5-8/h4-7H,13H2,1-3H3,(H,14,16)(H,15,17). The molecule has 0 bridgehead atoms. The lowest BCUT2D eigenvalue weighted by molar-refractivity contribution is 0.0930. The molecule has 1 unspecified atom stereocenters. The van der Waals surface area contributed by atoms with E-state index in [1.54, 1.807) is 0 Å². The van der Waals surface area contributed by atoms with Gasteiger partial charge >= 0.3 is 0 Å². The van der Waals surface area contributed by atoms with Gasteiger partial charge in [-0.25, -0.2) is 10.8 Å². The van der Waals surface area contributed by atoms with Crippen LogP contribution in [-0.2, 0) is 0 Å². The summed E-state index contributed by atoms with van der Waals surface area (Å²) in [5.41, 5.74) is 2.76. The van der Waals surface area contributed by atoms with Crippen LogP contribution in [0.15, 0.2) is 12.3 Å². The lowest BCUT2D eigenvalue weighted by atomic mass is 10.1. The monoisotopic (exact) mass is 256 g/mol. The van der Waals surface area contributed by atoms with Crippen molar-refractivity contribution in [1.29, 1.82) is 0 Å². The van der Waals surface area contributed by atoms with Crippen LogP contribution in [0, 0.1) is 5.92 Å². The third-order valence-corrected chi connectivity index (χ3v) is 2.89. The number of anilines is 1. The Balaban J connectivity index is 2.80. The van der Waals surface area contributed by atoms with Crippen molar-refractivity contribution in [3.05, 3.63) is 22.8 Å². The largest absolute Gasteiger partial charge is 0.349 e. The fourth-order valence-electron chi connectivity index (χ4n) is 1.13. The van der Waals surface area contributed by atoms with Gasteiger partial charge in [-0.1, -0.05) is 25.4 Å². The van der Waals surface area contributed by atoms with E-state index in [1.165, 1.54) is 12.3 Å². The molecule has 0 aliphatic rings. The molecule has 1 aromatic heterocycles. The van der Waals surface area contributed by atoms with Crippen LogP contribution < -0.4 is 16.6 Å². The highest BCUT2D eigenvalue weighted by Gasteiger charge is 2.14. The number of rotatable bonds is 4. The van der Waals surface area contributed by atoms with Crippen molar-refractivity contribution in [1.82, 2.24) is 10.3 Å². The maximum Gasteiger partial charge on any atom is 0.253 e. The molecule has 0 aromatic carbocycles. The molecular weight excluding hydrogens is 240 g/mol. The van der Waals surface area contributed by atoms with Crippen LogP contribution in [0.5, 0.6) is 0 Å². The normalized spacial score (nSPS) is 12.4. The number of aromatic nitrogens is 1. The molecule has 4 N–H and O–H groups in total. The Bertz CT molecular complexity index is 408. The fourth-order valence-corrected chi connectivity index (χ4v) is 1.35. The van der Waals surface area contributed by atoms with E-state index in [4.69, 9.17) is 17.4 Å². The smallest absolute Gasteiger partial charge is 0.253 e. The van der Waals surface area contributed by atoms with E-state index in [9.17, 15) is 4.79 Å². The second-order valence-corrected chi connectivity index (χ2v) is 4.61. The number of hydrazine groups is 1. The number of nitrogens with one attached hydrogen (secondary N) is 2. The van der Waals surface area contributed by atoms with Crippen LogP contribution in [0.3, 0.4) is 0 Å². The number of carbonyl (C=O) groups excluding carboxylic acids is 1. The summed E-state index contributed by atoms with van der Waals surface area (Å²) >= 11 is 5.89. The number of amides is 1. The van der Waals surface area contributed by atoms with Gasteiger partial charge in [0, 0.05) is 12.2 Å². The van der Waals surface area contributed by atoms with Crippen LogP contribution >= 0.6 is 11.6 Å². The minimum Gasteiger partial charge on any atom is -0.349 e. The van der Waals surface area contributed by atoms with Gasteiger partial charge in [0.25, 0.3) is 5.91 Å². The maximum atomic E-state index is 11.8. The molecule has 0 saturated heterocycles. The highest BCUT2D eigenvalue weighted by molar-refractivity contribution is 6.33. The van der Waals surface area contributed by atoms with E-state index in [0.717, 1.165) is 0 Å². The van der Waals surface area contributed by atoms with Gasteiger partial charge in [-0.15, -0.1) is 0 Å². The molecule has 1 heterocycles. The third kappa shape index (κ3) is 3.57. The average Bonchev–Trinajstić information content (AvgIpc) is 2.28. The fraction of sp³-hybridized carbons (Fsp3) is 0.455. The molecule has 0 aliphatic carbocycles. The summed E-state index contributed by atoms with van der Waals surface area (Å²) in [4.78, 5) is 15.8. The lowest BCUT2D eigenvalue weighted by Gasteiger charge is -2.17. The van der Waals surface area contributed by atoms with Crippen molar-refractivity contribution in [2.45, 2.75) is 26.8 Å². The molecule has 1 amide bonds. The van der Waals surface area contributed by atoms with Crippen LogP contribution in [0.2, 0.25) is 5.02 Å². The van der Waals surface area contributed by atoms with Gasteiger partial charge in [0.15, 0.2) is 5.82 Å². The first kappa shape index (κ1) is 13.7. The molecule has 0 radical (unpaired) electrons. The Morgan fingerprint density at radius 1 is 1.47 bits per heavy atom. The van der Waals surface area contributed by atoms with E-state index < -0.39 is 0 Å². The second-order valence-electron chi connectivity index (χ2n) is 4.20. The summed E-state index contributed by atoms with van der Waals surface area (Å²) < 4.78 is 0. The first-order valence-corrected chi connectivity index (χ1v) is 5.76. The summed E-state index contributed by atoms with van der Waals surface area (Å²) in [6.07, 6.45) is 1.43. The van der Waals surface area contributed by atoms with E-state index in [2.05, 4.69) is 15.7 Å². The number of hydrogen-bond donors (Lipinski definition) is 3. The summed E-state index contributed by atoms with van der Waals surface area (Å²) in [6, 6.07) is 1.63. The van der Waals surface area contributed by atoms with Gasteiger partial charge in [0.05, 0.1) is 10.6 Å². The summed E-state index contributed by atoms with van der Waals surface area (Å²) in [5, 5.41) is 3.19. The average molecular weight is 257 g/mol. The molecular formula is C11H17ClN4O. The molecule has 0 saturated carbocycles. The van der Waals surface area contributed by atoms with Crippen LogP contribution in [0.1, 0.15) is 31.1 Å². The number of nitrogens with zero attached hydrogens (tertiary/aromatic N) is 1. The number of hydrogen-bond acceptors (Lipinski definition) is 4. The molecule has 1 atom stereocenters. The van der Waals surface area contributed by atoms with Crippen LogP contribution in [-0.4, -0.2) is 16.9 Å². The van der Waals surface area contributed by atoms with Crippen LogP contribution in [0.25, 0.3) is 0 Å². The molecule has 0 aliphatic heterocycles. The first-order chi connectivity index (χ1) is 7.95. The predicted molar refractivity (Wildman–Crippen MR) is 68.8 cm³/mol. The van der Waals surface area contributed by atoms with Gasteiger partial charge in [-0.05, 0) is 18.9 Å². The Labute approximate surface area is 106 Å². The van der Waals surface area contributed by atoms with Crippen LogP contribution in [0.4, 0.5) is 5.82 Å². The molecule has 17 heavy (non-hydrogen) atoms. The van der Waals surface area contributed by atoms with Crippen molar-refractivity contribution in [2.75, 3.05) is 5.43 Å². The molecule has 1 rings (SSSR count). The van der Waals surface area contributed by atoms with Crippen molar-refractivity contribution < 1.29 is 4.79 Å². The second kappa shape index (κ2) is 5.84. The minimum atomic E-state index is -0.191. The molecule has 5 nitrogen and oxygen atoms in total. The number of nitrogen functional groups attached to an aromatic ring is 1. The summed E-state index contributed by atoms with van der Waals surface area (Å²) in [7, 11) is 0. The molecule has 0 fully saturated rings. The molecule has 94 valence electrons. The molecule has 6 heteroatoms. The zero-order valence-electron chi connectivity index (χ0n) is 10.1. The maximum absolute atomic E-state index is 11.8. The zero-order valence-corrected chi connectivity index (χ0v) is 10.9. The molecule has 0 spiro atoms. The zero-order chi connectivity index (χ0) is 13.0. The Kier molecular flexibility index (Phi) is 4.72. The first-order valence-electron chi connectivity index (χ1n) is 5.38. The van der Waals surface area contributed by atoms with Crippen molar-refractivity contribution in [3.63, 3.8) is 0 Å². The number of pyridine rings is 1. The third-order valence-electron chi connectivity index (χ3n) is 2.60. The van der Waals surface area contributed by atoms with Gasteiger partial charge < -0.3 is 10.7 Å². The Morgan fingerprint density at radius 3 is 2.59 bits per heavy atom. The Hall–Kier alpha value is -1.33. The highest BCUT2D eigenvalue weighted by Crippen LogP contribution is 2.19. The highest BCUT2D eigenvalue weighted by atomic mass is 35.5. The number of nitrogens with two attached hydrogens (primary N) is 1. The van der Waals surface area contributed by atoms with Gasteiger partial charge in [-0.3, -0.25) is 4.79 Å². The van der Waals surface area contributed by atoms with Crippen molar-refractivity contribution >= 4 is 23.3 Å². The van der Waals surface area contributed by atoms with E-state index in [1.807, 2.05) is 20.8 Å². The number of carbonyl (C=O) groups is 1. The molecule has 1 aromatic rings. The quantitative estimate of drug-likeness (QED) is 0.567. The van der Waals surface area contributed by atoms with E-state index >= 15 is 0 Å². The number of halogens is 1. The Morgan fingerprint density at radius 2 is 2.12 bits per heavy atom. The van der Waals surface area contributed by atoms with Crippen molar-refractivity contribution in [3.8, 4) is 0 Å². The van der Waals surface area contributed by atoms with E-state index in [-0.39, 0.29) is 11.9 Å². The van der Waals surface area contributed by atoms with Gasteiger partial charge in [-0.2, -0.15) is 0 Å². The SMILES string of the molecule is CC(C)C(C)NC(=O)c1cnc(NN)c(Cl)c1. The van der Waals surface area contributed by atoms with Gasteiger partial charge in [0.2, 0.25) is 0 Å².